The summed E-state index contributed by atoms with van der Waals surface area (Å²) in [5, 5.41) is 0. The Morgan fingerprint density at radius 1 is 0.424 bits per heavy atom. The van der Waals surface area contributed by atoms with Gasteiger partial charge in [-0.05, 0) is 24.7 Å². The molecule has 0 N–H and O–H groups in total. The molecule has 0 bridgehead atoms. The van der Waals surface area contributed by atoms with Crippen molar-refractivity contribution >= 4 is 11.9 Å². The zero-order chi connectivity index (χ0) is 24.6. The highest BCUT2D eigenvalue weighted by molar-refractivity contribution is 5.69. The van der Waals surface area contributed by atoms with E-state index >= 15 is 0 Å². The monoisotopic (exact) mass is 468 g/mol. The van der Waals surface area contributed by atoms with Gasteiger partial charge in [-0.25, -0.2) is 0 Å². The van der Waals surface area contributed by atoms with Gasteiger partial charge in [-0.1, -0.05) is 124 Å². The molecule has 0 aromatic heterocycles. The minimum absolute atomic E-state index is 0.0279. The van der Waals surface area contributed by atoms with Gasteiger partial charge in [-0.3, -0.25) is 9.59 Å². The van der Waals surface area contributed by atoms with E-state index in [-0.39, 0.29) is 11.9 Å². The molecule has 0 atom stereocenters. The summed E-state index contributed by atoms with van der Waals surface area (Å²) in [6.07, 6.45) is 22.9. The molecule has 0 fully saturated rings. The molecule has 4 nitrogen and oxygen atoms in total. The molecule has 196 valence electrons. The van der Waals surface area contributed by atoms with Crippen LogP contribution in [0.4, 0.5) is 0 Å². The minimum atomic E-state index is -0.0279. The summed E-state index contributed by atoms with van der Waals surface area (Å²) in [4.78, 5) is 23.1. The molecule has 0 aliphatic carbocycles. The predicted molar refractivity (Wildman–Crippen MR) is 139 cm³/mol. The maximum atomic E-state index is 11.5. The first-order valence-electron chi connectivity index (χ1n) is 14.2. The Hall–Kier alpha value is -1.06. The molecule has 0 spiro atoms. The lowest BCUT2D eigenvalue weighted by Gasteiger charge is -2.07. The van der Waals surface area contributed by atoms with Crippen molar-refractivity contribution in [2.75, 3.05) is 13.2 Å². The van der Waals surface area contributed by atoms with E-state index in [2.05, 4.69) is 27.7 Å². The highest BCUT2D eigenvalue weighted by Gasteiger charge is 2.05. The van der Waals surface area contributed by atoms with Gasteiger partial charge in [0.15, 0.2) is 0 Å². The second kappa shape index (κ2) is 24.1. The van der Waals surface area contributed by atoms with Gasteiger partial charge >= 0.3 is 11.9 Å². The van der Waals surface area contributed by atoms with Crippen molar-refractivity contribution in [2.45, 2.75) is 150 Å². The summed E-state index contributed by atoms with van der Waals surface area (Å²) in [6.45, 7) is 9.37. The number of hydrogen-bond acceptors (Lipinski definition) is 4. The average Bonchev–Trinajstić information content (AvgIpc) is 2.77. The van der Waals surface area contributed by atoms with Crippen molar-refractivity contribution in [1.29, 1.82) is 0 Å². The number of carbonyl (C=O) groups excluding carboxylic acids is 2. The summed E-state index contributed by atoms with van der Waals surface area (Å²) in [5.41, 5.74) is 0. The molecule has 0 radical (unpaired) electrons. The Morgan fingerprint density at radius 3 is 0.848 bits per heavy atom. The summed E-state index contributed by atoms with van der Waals surface area (Å²) >= 11 is 0. The lowest BCUT2D eigenvalue weighted by atomic mass is 10.0. The van der Waals surface area contributed by atoms with Gasteiger partial charge in [0.05, 0.1) is 13.2 Å². The maximum Gasteiger partial charge on any atom is 0.305 e. The molecule has 0 aliphatic heterocycles. The number of hydrogen-bond donors (Lipinski definition) is 0. The van der Waals surface area contributed by atoms with Gasteiger partial charge in [0.1, 0.15) is 0 Å². The first kappa shape index (κ1) is 31.9. The standard InChI is InChI=1S/C29H56O4/c1-26(2)24-32-28(30)22-20-18-16-14-12-10-8-6-5-7-9-11-13-15-17-19-21-23-29(31)33-25-27(3)4/h26-27H,5-25H2,1-4H3. The van der Waals surface area contributed by atoms with E-state index in [0.717, 1.165) is 25.7 Å². The van der Waals surface area contributed by atoms with Crippen molar-refractivity contribution in [3.8, 4) is 0 Å². The molecule has 0 amide bonds. The van der Waals surface area contributed by atoms with Gasteiger partial charge in [0.25, 0.3) is 0 Å². The van der Waals surface area contributed by atoms with E-state index in [4.69, 9.17) is 9.47 Å². The normalized spacial score (nSPS) is 11.3. The van der Waals surface area contributed by atoms with Crippen LogP contribution in [-0.2, 0) is 19.1 Å². The lowest BCUT2D eigenvalue weighted by molar-refractivity contribution is -0.145. The largest absolute Gasteiger partial charge is 0.465 e. The van der Waals surface area contributed by atoms with Gasteiger partial charge in [0.2, 0.25) is 0 Å². The van der Waals surface area contributed by atoms with E-state index in [1.807, 2.05) is 0 Å². The number of carbonyl (C=O) groups is 2. The van der Waals surface area contributed by atoms with E-state index in [9.17, 15) is 9.59 Å². The van der Waals surface area contributed by atoms with Crippen LogP contribution in [0.2, 0.25) is 0 Å². The molecule has 0 aliphatic rings. The molecular formula is C29H56O4. The summed E-state index contributed by atoms with van der Waals surface area (Å²) in [5.74, 6) is 0.795. The van der Waals surface area contributed by atoms with Crippen LogP contribution in [0.5, 0.6) is 0 Å². The molecule has 0 unspecified atom stereocenters. The fourth-order valence-electron chi connectivity index (χ4n) is 3.85. The Morgan fingerprint density at radius 2 is 0.636 bits per heavy atom. The first-order chi connectivity index (χ1) is 15.9. The van der Waals surface area contributed by atoms with Crippen LogP contribution in [0.3, 0.4) is 0 Å². The Balaban J connectivity index is 3.16. The van der Waals surface area contributed by atoms with Crippen molar-refractivity contribution in [2.24, 2.45) is 11.8 Å². The van der Waals surface area contributed by atoms with Crippen molar-refractivity contribution < 1.29 is 19.1 Å². The molecule has 4 heteroatoms. The summed E-state index contributed by atoms with van der Waals surface area (Å²) < 4.78 is 10.4. The number of esters is 2. The van der Waals surface area contributed by atoms with Crippen LogP contribution in [0, 0.1) is 11.8 Å². The van der Waals surface area contributed by atoms with E-state index in [0.29, 0.717) is 37.9 Å². The van der Waals surface area contributed by atoms with Crippen LogP contribution in [0.25, 0.3) is 0 Å². The molecule has 33 heavy (non-hydrogen) atoms. The SMILES string of the molecule is CC(C)COC(=O)CCCCCCCCCCCCCCCCCCCC(=O)OCC(C)C. The summed E-state index contributed by atoms with van der Waals surface area (Å²) in [6, 6.07) is 0. The second-order valence-corrected chi connectivity index (χ2v) is 10.7. The smallest absolute Gasteiger partial charge is 0.305 e. The molecule has 0 rings (SSSR count). The molecule has 0 aromatic carbocycles. The number of unbranched alkanes of at least 4 members (excludes halogenated alkanes) is 16. The van der Waals surface area contributed by atoms with Gasteiger partial charge in [-0.2, -0.15) is 0 Å². The molecule has 0 heterocycles. The topological polar surface area (TPSA) is 52.6 Å². The molecule has 0 saturated heterocycles. The number of ether oxygens (including phenoxy) is 2. The van der Waals surface area contributed by atoms with Gasteiger partial charge in [0, 0.05) is 12.8 Å². The van der Waals surface area contributed by atoms with Crippen LogP contribution >= 0.6 is 0 Å². The zero-order valence-corrected chi connectivity index (χ0v) is 22.6. The van der Waals surface area contributed by atoms with Crippen molar-refractivity contribution in [3.63, 3.8) is 0 Å². The second-order valence-electron chi connectivity index (χ2n) is 10.7. The third-order valence-corrected chi connectivity index (χ3v) is 5.92. The van der Waals surface area contributed by atoms with Crippen LogP contribution in [0.15, 0.2) is 0 Å². The third-order valence-electron chi connectivity index (χ3n) is 5.92. The molecular weight excluding hydrogens is 412 g/mol. The highest BCUT2D eigenvalue weighted by Crippen LogP contribution is 2.15. The third kappa shape index (κ3) is 27.1. The maximum absolute atomic E-state index is 11.5. The van der Waals surface area contributed by atoms with Crippen LogP contribution in [-0.4, -0.2) is 25.2 Å². The first-order valence-corrected chi connectivity index (χ1v) is 14.2. The van der Waals surface area contributed by atoms with E-state index in [1.165, 1.54) is 83.5 Å². The summed E-state index contributed by atoms with van der Waals surface area (Å²) in [7, 11) is 0. The number of rotatable bonds is 24. The predicted octanol–water partition coefficient (Wildman–Crippen LogP) is 8.80. The zero-order valence-electron chi connectivity index (χ0n) is 22.6. The Bertz CT molecular complexity index is 405. The molecule has 0 saturated carbocycles. The van der Waals surface area contributed by atoms with Crippen LogP contribution in [0.1, 0.15) is 150 Å². The van der Waals surface area contributed by atoms with Gasteiger partial charge in [-0.15, -0.1) is 0 Å². The highest BCUT2D eigenvalue weighted by atomic mass is 16.5. The van der Waals surface area contributed by atoms with Crippen LogP contribution < -0.4 is 0 Å². The fraction of sp³-hybridized carbons (Fsp3) is 0.931. The molecule has 0 aromatic rings. The lowest BCUT2D eigenvalue weighted by Crippen LogP contribution is -2.09. The minimum Gasteiger partial charge on any atom is -0.465 e. The Labute approximate surface area is 206 Å². The van der Waals surface area contributed by atoms with E-state index < -0.39 is 0 Å². The van der Waals surface area contributed by atoms with Crippen molar-refractivity contribution in [1.82, 2.24) is 0 Å². The van der Waals surface area contributed by atoms with Gasteiger partial charge < -0.3 is 9.47 Å². The fourth-order valence-corrected chi connectivity index (χ4v) is 3.85. The van der Waals surface area contributed by atoms with Crippen molar-refractivity contribution in [3.05, 3.63) is 0 Å². The van der Waals surface area contributed by atoms with E-state index in [1.54, 1.807) is 0 Å². The quantitative estimate of drug-likeness (QED) is 0.105. The average molecular weight is 469 g/mol. The Kier molecular flexibility index (Phi) is 23.3.